The minimum Gasteiger partial charge on any atom is -0.361 e. The van der Waals surface area contributed by atoms with Gasteiger partial charge in [0.15, 0.2) is 0 Å². The molecule has 0 aliphatic heterocycles. The summed E-state index contributed by atoms with van der Waals surface area (Å²) in [6.45, 7) is 1.99. The molecule has 2 rings (SSSR count). The van der Waals surface area contributed by atoms with Crippen LogP contribution in [0.1, 0.15) is 56.4 Å². The molecule has 0 bridgehead atoms. The minimum absolute atomic E-state index is 0.831. The summed E-state index contributed by atoms with van der Waals surface area (Å²) < 4.78 is 5.29. The Labute approximate surface area is 92.0 Å². The second kappa shape index (κ2) is 5.34. The molecule has 1 aromatic heterocycles. The summed E-state index contributed by atoms with van der Waals surface area (Å²) in [6.07, 6.45) is 10.9. The SMILES string of the molecule is Cc1cc(CC2CCCCCCC2)on1. The lowest BCUT2D eigenvalue weighted by Crippen LogP contribution is -2.06. The molecule has 2 heteroatoms. The van der Waals surface area contributed by atoms with Gasteiger partial charge >= 0.3 is 0 Å². The van der Waals surface area contributed by atoms with Gasteiger partial charge in [-0.1, -0.05) is 50.1 Å². The Hall–Kier alpha value is -0.790. The van der Waals surface area contributed by atoms with Gasteiger partial charge in [0.25, 0.3) is 0 Å². The lowest BCUT2D eigenvalue weighted by atomic mass is 9.88. The van der Waals surface area contributed by atoms with E-state index in [9.17, 15) is 0 Å². The highest BCUT2D eigenvalue weighted by molar-refractivity contribution is 5.03. The van der Waals surface area contributed by atoms with Crippen molar-refractivity contribution in [2.45, 2.75) is 58.3 Å². The molecular weight excluding hydrogens is 186 g/mol. The first kappa shape index (κ1) is 10.7. The predicted molar refractivity (Wildman–Crippen MR) is 60.8 cm³/mol. The van der Waals surface area contributed by atoms with Gasteiger partial charge in [0.2, 0.25) is 0 Å². The number of aromatic nitrogens is 1. The van der Waals surface area contributed by atoms with E-state index in [1.165, 1.54) is 44.9 Å². The normalized spacial score (nSPS) is 19.8. The van der Waals surface area contributed by atoms with Crippen LogP contribution in [0.5, 0.6) is 0 Å². The lowest BCUT2D eigenvalue weighted by molar-refractivity contribution is 0.320. The fraction of sp³-hybridized carbons (Fsp3) is 0.769. The molecule has 1 aliphatic rings. The Morgan fingerprint density at radius 2 is 1.87 bits per heavy atom. The van der Waals surface area contributed by atoms with Crippen molar-refractivity contribution in [1.29, 1.82) is 0 Å². The molecule has 1 aliphatic carbocycles. The maximum absolute atomic E-state index is 5.29. The van der Waals surface area contributed by atoms with Crippen molar-refractivity contribution in [2.24, 2.45) is 5.92 Å². The molecule has 1 fully saturated rings. The maximum atomic E-state index is 5.29. The van der Waals surface area contributed by atoms with Crippen LogP contribution in [-0.2, 0) is 6.42 Å². The molecule has 84 valence electrons. The summed E-state index contributed by atoms with van der Waals surface area (Å²) in [7, 11) is 0. The third-order valence-corrected chi connectivity index (χ3v) is 3.39. The van der Waals surface area contributed by atoms with Crippen molar-refractivity contribution < 1.29 is 4.52 Å². The van der Waals surface area contributed by atoms with Gasteiger partial charge in [-0.2, -0.15) is 0 Å². The van der Waals surface area contributed by atoms with E-state index in [4.69, 9.17) is 4.52 Å². The summed E-state index contributed by atoms with van der Waals surface area (Å²) in [5.41, 5.74) is 1.01. The molecular formula is C13H21NO. The number of nitrogens with zero attached hydrogens (tertiary/aromatic N) is 1. The van der Waals surface area contributed by atoms with E-state index in [1.807, 2.05) is 6.92 Å². The zero-order chi connectivity index (χ0) is 10.5. The molecule has 1 saturated carbocycles. The fourth-order valence-corrected chi connectivity index (χ4v) is 2.54. The van der Waals surface area contributed by atoms with E-state index >= 15 is 0 Å². The first-order valence-corrected chi connectivity index (χ1v) is 6.27. The van der Waals surface area contributed by atoms with Crippen molar-refractivity contribution in [3.63, 3.8) is 0 Å². The molecule has 0 saturated heterocycles. The Morgan fingerprint density at radius 1 is 1.20 bits per heavy atom. The second-order valence-electron chi connectivity index (χ2n) is 4.85. The van der Waals surface area contributed by atoms with E-state index in [2.05, 4.69) is 11.2 Å². The van der Waals surface area contributed by atoms with E-state index in [-0.39, 0.29) is 0 Å². The second-order valence-corrected chi connectivity index (χ2v) is 4.85. The maximum Gasteiger partial charge on any atom is 0.137 e. The monoisotopic (exact) mass is 207 g/mol. The average Bonchev–Trinajstić information content (AvgIpc) is 2.56. The lowest BCUT2D eigenvalue weighted by Gasteiger charge is -2.17. The first-order valence-electron chi connectivity index (χ1n) is 6.27. The van der Waals surface area contributed by atoms with Crippen molar-refractivity contribution in [3.8, 4) is 0 Å². The molecule has 0 unspecified atom stereocenters. The Balaban J connectivity index is 1.86. The van der Waals surface area contributed by atoms with Crippen molar-refractivity contribution in [2.75, 3.05) is 0 Å². The van der Waals surface area contributed by atoms with Crippen LogP contribution in [0.3, 0.4) is 0 Å². The largest absolute Gasteiger partial charge is 0.361 e. The summed E-state index contributed by atoms with van der Waals surface area (Å²) in [5.74, 6) is 1.91. The molecule has 2 nitrogen and oxygen atoms in total. The van der Waals surface area contributed by atoms with Crippen LogP contribution < -0.4 is 0 Å². The average molecular weight is 207 g/mol. The van der Waals surface area contributed by atoms with Crippen molar-refractivity contribution >= 4 is 0 Å². The van der Waals surface area contributed by atoms with Gasteiger partial charge in [-0.15, -0.1) is 0 Å². The summed E-state index contributed by atoms with van der Waals surface area (Å²) in [4.78, 5) is 0. The number of aryl methyl sites for hydroxylation is 1. The summed E-state index contributed by atoms with van der Waals surface area (Å²) in [5, 5.41) is 3.95. The summed E-state index contributed by atoms with van der Waals surface area (Å²) in [6, 6.07) is 2.08. The van der Waals surface area contributed by atoms with E-state index in [0.717, 1.165) is 23.8 Å². The van der Waals surface area contributed by atoms with Crippen molar-refractivity contribution in [1.82, 2.24) is 5.16 Å². The molecule has 0 spiro atoms. The zero-order valence-electron chi connectivity index (χ0n) is 9.67. The third-order valence-electron chi connectivity index (χ3n) is 3.39. The number of hydrogen-bond acceptors (Lipinski definition) is 2. The Morgan fingerprint density at radius 3 is 2.47 bits per heavy atom. The smallest absolute Gasteiger partial charge is 0.137 e. The van der Waals surface area contributed by atoms with Gasteiger partial charge < -0.3 is 4.52 Å². The molecule has 15 heavy (non-hydrogen) atoms. The Kier molecular flexibility index (Phi) is 3.81. The van der Waals surface area contributed by atoms with Crippen LogP contribution >= 0.6 is 0 Å². The van der Waals surface area contributed by atoms with Gasteiger partial charge in [-0.25, -0.2) is 0 Å². The van der Waals surface area contributed by atoms with Gasteiger partial charge in [-0.3, -0.25) is 0 Å². The predicted octanol–water partition coefficient (Wildman–Crippen LogP) is 3.89. The first-order chi connectivity index (χ1) is 7.34. The molecule has 0 atom stereocenters. The molecule has 0 radical (unpaired) electrons. The van der Waals surface area contributed by atoms with Crippen LogP contribution in [0.2, 0.25) is 0 Å². The van der Waals surface area contributed by atoms with Crippen LogP contribution in [0, 0.1) is 12.8 Å². The highest BCUT2D eigenvalue weighted by Crippen LogP contribution is 2.25. The van der Waals surface area contributed by atoms with Crippen LogP contribution in [-0.4, -0.2) is 5.16 Å². The van der Waals surface area contributed by atoms with Crippen LogP contribution in [0.25, 0.3) is 0 Å². The van der Waals surface area contributed by atoms with Gasteiger partial charge in [0, 0.05) is 12.5 Å². The van der Waals surface area contributed by atoms with E-state index in [0.29, 0.717) is 0 Å². The van der Waals surface area contributed by atoms with Crippen LogP contribution in [0.4, 0.5) is 0 Å². The molecule has 0 amide bonds. The highest BCUT2D eigenvalue weighted by Gasteiger charge is 2.14. The highest BCUT2D eigenvalue weighted by atomic mass is 16.5. The topological polar surface area (TPSA) is 26.0 Å². The standard InChI is InChI=1S/C13H21NO/c1-11-9-13(15-14-11)10-12-7-5-3-2-4-6-8-12/h9,12H,2-8,10H2,1H3. The minimum atomic E-state index is 0.831. The van der Waals surface area contributed by atoms with E-state index in [1.54, 1.807) is 0 Å². The molecule has 1 aromatic rings. The molecule has 1 heterocycles. The zero-order valence-corrected chi connectivity index (χ0v) is 9.67. The van der Waals surface area contributed by atoms with Gasteiger partial charge in [0.1, 0.15) is 5.76 Å². The number of rotatable bonds is 2. The Bertz CT molecular complexity index is 284. The quantitative estimate of drug-likeness (QED) is 0.735. The van der Waals surface area contributed by atoms with E-state index < -0.39 is 0 Å². The van der Waals surface area contributed by atoms with Crippen LogP contribution in [0.15, 0.2) is 10.6 Å². The molecule has 0 N–H and O–H groups in total. The van der Waals surface area contributed by atoms with Gasteiger partial charge in [-0.05, 0) is 12.8 Å². The van der Waals surface area contributed by atoms with Crippen molar-refractivity contribution in [3.05, 3.63) is 17.5 Å². The molecule has 0 aromatic carbocycles. The fourth-order valence-electron chi connectivity index (χ4n) is 2.54. The summed E-state index contributed by atoms with van der Waals surface area (Å²) >= 11 is 0. The third kappa shape index (κ3) is 3.37. The number of hydrogen-bond donors (Lipinski definition) is 0. The van der Waals surface area contributed by atoms with Gasteiger partial charge in [0.05, 0.1) is 5.69 Å².